The van der Waals surface area contributed by atoms with Crippen molar-refractivity contribution in [1.29, 1.82) is 0 Å². The smallest absolute Gasteiger partial charge is 0.0431 e. The quantitative estimate of drug-likeness (QED) is 0.312. The summed E-state index contributed by atoms with van der Waals surface area (Å²) in [5, 5.41) is 8.70. The highest BCUT2D eigenvalue weighted by atomic mass is 16.2. The maximum absolute atomic E-state index is 8.70. The van der Waals surface area contributed by atoms with E-state index in [1.807, 2.05) is 0 Å². The van der Waals surface area contributed by atoms with E-state index in [9.17, 15) is 0 Å². The summed E-state index contributed by atoms with van der Waals surface area (Å²) < 4.78 is 0. The Balaban J connectivity index is 1.84. The molecule has 0 fully saturated rings. The first-order valence-corrected chi connectivity index (χ1v) is 8.69. The predicted octanol–water partition coefficient (Wildman–Crippen LogP) is 5.77. The summed E-state index contributed by atoms with van der Waals surface area (Å²) in [5.74, 6) is 0. The number of allylic oxidation sites excluding steroid dienone is 2. The molecule has 0 unspecified atom stereocenters. The first-order chi connectivity index (χ1) is 9.38. The Morgan fingerprint density at radius 3 is 1.68 bits per heavy atom. The number of unbranched alkanes of at least 4 members (excludes halogenated alkanes) is 9. The third-order valence-electron chi connectivity index (χ3n) is 4.27. The lowest BCUT2D eigenvalue weighted by atomic mass is 10.1. The van der Waals surface area contributed by atoms with Crippen LogP contribution in [0.4, 0.5) is 0 Å². The lowest BCUT2D eigenvalue weighted by molar-refractivity contribution is 0.282. The van der Waals surface area contributed by atoms with Gasteiger partial charge in [-0.25, -0.2) is 0 Å². The minimum atomic E-state index is 0.369. The molecule has 1 heteroatoms. The highest BCUT2D eigenvalue weighted by Gasteiger charge is 2.19. The molecule has 0 aromatic carbocycles. The average molecular weight is 266 g/mol. The van der Waals surface area contributed by atoms with Gasteiger partial charge in [0.05, 0.1) is 0 Å². The summed E-state index contributed by atoms with van der Waals surface area (Å²) in [6.45, 7) is 2.65. The zero-order chi connectivity index (χ0) is 13.8. The highest BCUT2D eigenvalue weighted by Crippen LogP contribution is 2.38. The Morgan fingerprint density at radius 2 is 1.16 bits per heavy atom. The van der Waals surface area contributed by atoms with Gasteiger partial charge in [0.2, 0.25) is 0 Å². The summed E-state index contributed by atoms with van der Waals surface area (Å²) in [6.07, 6.45) is 18.9. The first kappa shape index (κ1) is 16.8. The van der Waals surface area contributed by atoms with Crippen molar-refractivity contribution in [2.45, 2.75) is 96.8 Å². The van der Waals surface area contributed by atoms with Gasteiger partial charge in [0.15, 0.2) is 0 Å². The van der Waals surface area contributed by atoms with E-state index in [2.05, 4.69) is 6.92 Å². The Kier molecular flexibility index (Phi) is 10.2. The first-order valence-electron chi connectivity index (χ1n) is 8.69. The van der Waals surface area contributed by atoms with Gasteiger partial charge in [-0.1, -0.05) is 69.4 Å². The van der Waals surface area contributed by atoms with Crippen LogP contribution >= 0.6 is 0 Å². The Labute approximate surface area is 120 Å². The van der Waals surface area contributed by atoms with E-state index in [0.29, 0.717) is 6.61 Å². The minimum Gasteiger partial charge on any atom is -0.396 e. The maximum Gasteiger partial charge on any atom is 0.0431 e. The topological polar surface area (TPSA) is 20.2 Å². The van der Waals surface area contributed by atoms with Crippen LogP contribution in [0, 0.1) is 0 Å². The lowest BCUT2D eigenvalue weighted by Gasteiger charge is -1.98. The zero-order valence-electron chi connectivity index (χ0n) is 13.1. The predicted molar refractivity (Wildman–Crippen MR) is 84.4 cm³/mol. The zero-order valence-corrected chi connectivity index (χ0v) is 13.1. The van der Waals surface area contributed by atoms with Crippen molar-refractivity contribution in [3.63, 3.8) is 0 Å². The lowest BCUT2D eigenvalue weighted by Crippen LogP contribution is -1.83. The van der Waals surface area contributed by atoms with Crippen LogP contribution in [0.15, 0.2) is 11.1 Å². The van der Waals surface area contributed by atoms with Gasteiger partial charge in [-0.2, -0.15) is 0 Å². The summed E-state index contributed by atoms with van der Waals surface area (Å²) in [7, 11) is 0. The number of aliphatic hydroxyl groups excluding tert-OH is 1. The number of aliphatic hydroxyl groups is 1. The Bertz CT molecular complexity index is 218. The summed E-state index contributed by atoms with van der Waals surface area (Å²) in [6, 6.07) is 0. The Morgan fingerprint density at radius 1 is 0.684 bits per heavy atom. The molecule has 0 saturated carbocycles. The molecular weight excluding hydrogens is 232 g/mol. The number of hydrogen-bond acceptors (Lipinski definition) is 1. The van der Waals surface area contributed by atoms with Crippen LogP contribution in [-0.4, -0.2) is 11.7 Å². The van der Waals surface area contributed by atoms with Gasteiger partial charge in [-0.15, -0.1) is 0 Å². The van der Waals surface area contributed by atoms with Crippen molar-refractivity contribution in [2.75, 3.05) is 6.61 Å². The molecule has 0 radical (unpaired) electrons. The van der Waals surface area contributed by atoms with Crippen LogP contribution in [-0.2, 0) is 0 Å². The van der Waals surface area contributed by atoms with Crippen LogP contribution in [0.2, 0.25) is 0 Å². The summed E-state index contributed by atoms with van der Waals surface area (Å²) in [4.78, 5) is 0. The van der Waals surface area contributed by atoms with Crippen molar-refractivity contribution in [2.24, 2.45) is 0 Å². The van der Waals surface area contributed by atoms with E-state index in [4.69, 9.17) is 5.11 Å². The minimum absolute atomic E-state index is 0.369. The van der Waals surface area contributed by atoms with Crippen molar-refractivity contribution in [1.82, 2.24) is 0 Å². The third kappa shape index (κ3) is 9.27. The largest absolute Gasteiger partial charge is 0.396 e. The molecule has 0 aliphatic heterocycles. The second-order valence-corrected chi connectivity index (χ2v) is 6.14. The van der Waals surface area contributed by atoms with Crippen molar-refractivity contribution < 1.29 is 5.11 Å². The molecule has 0 atom stereocenters. The average Bonchev–Trinajstić information content (AvgIpc) is 3.16. The fourth-order valence-corrected chi connectivity index (χ4v) is 2.84. The summed E-state index contributed by atoms with van der Waals surface area (Å²) >= 11 is 0. The molecular formula is C18H34O. The molecule has 1 N–H and O–H groups in total. The van der Waals surface area contributed by atoms with E-state index < -0.39 is 0 Å². The summed E-state index contributed by atoms with van der Waals surface area (Å²) in [5.41, 5.74) is 3.58. The van der Waals surface area contributed by atoms with E-state index in [0.717, 1.165) is 6.42 Å². The third-order valence-corrected chi connectivity index (χ3v) is 4.27. The molecule has 0 amide bonds. The van der Waals surface area contributed by atoms with Gasteiger partial charge in [0, 0.05) is 6.61 Å². The molecule has 1 aliphatic rings. The molecule has 1 aliphatic carbocycles. The van der Waals surface area contributed by atoms with Crippen LogP contribution in [0.3, 0.4) is 0 Å². The van der Waals surface area contributed by atoms with Crippen LogP contribution in [0.25, 0.3) is 0 Å². The molecule has 0 heterocycles. The maximum atomic E-state index is 8.70. The van der Waals surface area contributed by atoms with Gasteiger partial charge in [-0.3, -0.25) is 0 Å². The molecule has 19 heavy (non-hydrogen) atoms. The monoisotopic (exact) mass is 266 g/mol. The standard InChI is InChI=1S/C18H34O/c1-2-3-4-5-7-10-13-17-16-18(17)14-11-8-6-9-12-15-19/h19H,2-16H2,1H3. The van der Waals surface area contributed by atoms with Gasteiger partial charge < -0.3 is 5.11 Å². The highest BCUT2D eigenvalue weighted by molar-refractivity contribution is 5.34. The second kappa shape index (κ2) is 11.5. The van der Waals surface area contributed by atoms with Crippen LogP contribution in [0.5, 0.6) is 0 Å². The molecule has 0 spiro atoms. The van der Waals surface area contributed by atoms with Crippen LogP contribution in [0.1, 0.15) is 96.8 Å². The molecule has 112 valence electrons. The Hall–Kier alpha value is -0.300. The van der Waals surface area contributed by atoms with E-state index >= 15 is 0 Å². The van der Waals surface area contributed by atoms with Gasteiger partial charge in [-0.05, 0) is 38.5 Å². The van der Waals surface area contributed by atoms with Gasteiger partial charge in [0.1, 0.15) is 0 Å². The molecule has 0 aromatic rings. The molecule has 0 bridgehead atoms. The molecule has 0 saturated heterocycles. The second-order valence-electron chi connectivity index (χ2n) is 6.14. The van der Waals surface area contributed by atoms with E-state index in [1.165, 1.54) is 83.5 Å². The number of hydrogen-bond donors (Lipinski definition) is 1. The van der Waals surface area contributed by atoms with Crippen molar-refractivity contribution in [3.05, 3.63) is 11.1 Å². The SMILES string of the molecule is CCCCCCCCC1=C(CCCCCCCO)C1. The molecule has 1 rings (SSSR count). The fraction of sp³-hybridized carbons (Fsp3) is 0.889. The number of rotatable bonds is 14. The van der Waals surface area contributed by atoms with Crippen molar-refractivity contribution in [3.8, 4) is 0 Å². The van der Waals surface area contributed by atoms with Gasteiger partial charge in [0.25, 0.3) is 0 Å². The van der Waals surface area contributed by atoms with E-state index in [-0.39, 0.29) is 0 Å². The van der Waals surface area contributed by atoms with Crippen molar-refractivity contribution >= 4 is 0 Å². The normalized spacial score (nSPS) is 14.2. The van der Waals surface area contributed by atoms with E-state index in [1.54, 1.807) is 11.1 Å². The van der Waals surface area contributed by atoms with Gasteiger partial charge >= 0.3 is 0 Å². The molecule has 1 nitrogen and oxygen atoms in total. The molecule has 0 aromatic heterocycles. The fourth-order valence-electron chi connectivity index (χ4n) is 2.84. The van der Waals surface area contributed by atoms with Crippen LogP contribution < -0.4 is 0 Å².